The number of anilines is 3. The van der Waals surface area contributed by atoms with Crippen LogP contribution >= 0.6 is 0 Å². The van der Waals surface area contributed by atoms with Gasteiger partial charge in [0, 0.05) is 50.8 Å². The first-order valence-corrected chi connectivity index (χ1v) is 14.2. The van der Waals surface area contributed by atoms with E-state index in [0.29, 0.717) is 28.8 Å². The highest BCUT2D eigenvalue weighted by Crippen LogP contribution is 2.34. The molecule has 0 spiro atoms. The molecule has 1 amide bonds. The number of pyridine rings is 1. The number of rotatable bonds is 8. The Morgan fingerprint density at radius 2 is 1.91 bits per heavy atom. The Kier molecular flexibility index (Phi) is 9.07. The molecule has 44 heavy (non-hydrogen) atoms. The summed E-state index contributed by atoms with van der Waals surface area (Å²) < 4.78 is 41.0. The topological polar surface area (TPSA) is 140 Å². The molecule has 2 N–H and O–H groups in total. The SMILES string of the molecule is COc1nc(Nc2cc(-c3ccc(OC4CCN(C(=O)[C@@H](C)O)CC4(F)F)c(C#N)c3)ncn2)ccc1N1CCN(C)CC1. The van der Waals surface area contributed by atoms with Crippen molar-refractivity contribution in [1.82, 2.24) is 24.8 Å². The fourth-order valence-corrected chi connectivity index (χ4v) is 5.21. The summed E-state index contributed by atoms with van der Waals surface area (Å²) in [6, 6.07) is 12.1. The monoisotopic (exact) mass is 608 g/mol. The third-order valence-corrected chi connectivity index (χ3v) is 7.67. The standard InChI is InChI=1S/C30H34F2N8O4/c1-19(41)29(42)40-9-8-25(30(31,32)17-40)44-24-6-4-20(14-21(24)16-33)22-15-27(35-18-34-22)36-26-7-5-23(28(37-26)43-3)39-12-10-38(2)11-13-39/h4-7,14-15,18-19,25,41H,8-13,17H2,1-3H3,(H,34,35,36,37)/t19-,25?/m1/s1. The van der Waals surface area contributed by atoms with Gasteiger partial charge in [0.25, 0.3) is 5.91 Å². The van der Waals surface area contributed by atoms with Crippen LogP contribution in [0.1, 0.15) is 18.9 Å². The van der Waals surface area contributed by atoms with Crippen molar-refractivity contribution in [1.29, 1.82) is 5.26 Å². The van der Waals surface area contributed by atoms with E-state index in [2.05, 4.69) is 37.1 Å². The van der Waals surface area contributed by atoms with Crippen molar-refractivity contribution in [3.05, 3.63) is 48.3 Å². The lowest BCUT2D eigenvalue weighted by molar-refractivity contribution is -0.165. The molecule has 1 aromatic carbocycles. The fraction of sp³-hybridized carbons (Fsp3) is 0.433. The van der Waals surface area contributed by atoms with Crippen LogP contribution in [0, 0.1) is 11.3 Å². The Balaban J connectivity index is 1.29. The molecular weight excluding hydrogens is 574 g/mol. The van der Waals surface area contributed by atoms with Crippen LogP contribution in [0.5, 0.6) is 11.6 Å². The molecule has 2 fully saturated rings. The molecule has 5 rings (SSSR count). The number of hydrogen-bond acceptors (Lipinski definition) is 11. The highest BCUT2D eigenvalue weighted by atomic mass is 19.3. The maximum atomic E-state index is 14.9. The van der Waals surface area contributed by atoms with Crippen LogP contribution in [-0.2, 0) is 4.79 Å². The largest absolute Gasteiger partial charge is 0.483 e. The molecule has 12 nitrogen and oxygen atoms in total. The highest BCUT2D eigenvalue weighted by Gasteiger charge is 2.48. The number of likely N-dealkylation sites (N-methyl/N-ethyl adjacent to an activating group) is 1. The number of carbonyl (C=O) groups excluding carboxylic acids is 1. The summed E-state index contributed by atoms with van der Waals surface area (Å²) in [6.07, 6.45) is -1.70. The van der Waals surface area contributed by atoms with E-state index in [4.69, 9.17) is 9.47 Å². The van der Waals surface area contributed by atoms with Crippen LogP contribution in [0.2, 0.25) is 0 Å². The van der Waals surface area contributed by atoms with Gasteiger partial charge in [-0.3, -0.25) is 4.79 Å². The quantitative estimate of drug-likeness (QED) is 0.390. The summed E-state index contributed by atoms with van der Waals surface area (Å²) in [5.41, 5.74) is 2.01. The number of nitrogens with zero attached hydrogens (tertiary/aromatic N) is 7. The lowest BCUT2D eigenvalue weighted by Crippen LogP contribution is -2.56. The fourth-order valence-electron chi connectivity index (χ4n) is 5.21. The molecule has 1 unspecified atom stereocenters. The van der Waals surface area contributed by atoms with E-state index in [-0.39, 0.29) is 24.3 Å². The van der Waals surface area contributed by atoms with Crippen molar-refractivity contribution in [2.24, 2.45) is 0 Å². The normalized spacial score (nSPS) is 19.2. The average molecular weight is 609 g/mol. The first-order chi connectivity index (χ1) is 21.1. The molecule has 2 aliphatic rings. The Morgan fingerprint density at radius 3 is 2.59 bits per heavy atom. The molecule has 3 aromatic rings. The summed E-state index contributed by atoms with van der Waals surface area (Å²) in [5, 5.41) is 22.4. The third kappa shape index (κ3) is 6.79. The molecule has 0 aliphatic carbocycles. The second-order valence-corrected chi connectivity index (χ2v) is 10.8. The molecule has 4 heterocycles. The summed E-state index contributed by atoms with van der Waals surface area (Å²) in [4.78, 5) is 30.6. The number of ether oxygens (including phenoxy) is 2. The van der Waals surface area contributed by atoms with E-state index < -0.39 is 30.6 Å². The number of nitrogens with one attached hydrogen (secondary N) is 1. The van der Waals surface area contributed by atoms with Crippen LogP contribution in [0.3, 0.4) is 0 Å². The lowest BCUT2D eigenvalue weighted by Gasteiger charge is -2.38. The second kappa shape index (κ2) is 12.9. The minimum absolute atomic E-state index is 0.0000157. The van der Waals surface area contributed by atoms with Gasteiger partial charge in [-0.05, 0) is 44.3 Å². The zero-order valence-corrected chi connectivity index (χ0v) is 24.7. The van der Waals surface area contributed by atoms with E-state index in [1.807, 2.05) is 18.2 Å². The van der Waals surface area contributed by atoms with E-state index in [0.717, 1.165) is 36.8 Å². The van der Waals surface area contributed by atoms with Crippen LogP contribution in [0.4, 0.5) is 26.1 Å². The van der Waals surface area contributed by atoms with E-state index in [9.17, 15) is 23.9 Å². The molecule has 2 aliphatic heterocycles. The number of amides is 1. The number of alkyl halides is 2. The van der Waals surface area contributed by atoms with Crippen molar-refractivity contribution >= 4 is 23.2 Å². The Bertz CT molecular complexity index is 1540. The zero-order chi connectivity index (χ0) is 31.4. The number of aromatic nitrogens is 3. The molecule has 14 heteroatoms. The predicted octanol–water partition coefficient (Wildman–Crippen LogP) is 2.91. The minimum Gasteiger partial charge on any atom is -0.483 e. The van der Waals surface area contributed by atoms with Crippen LogP contribution in [0.15, 0.2) is 42.7 Å². The molecule has 0 radical (unpaired) electrons. The molecule has 0 bridgehead atoms. The van der Waals surface area contributed by atoms with Gasteiger partial charge in [-0.25, -0.2) is 18.7 Å². The molecule has 0 saturated carbocycles. The number of piperidine rings is 1. The smallest absolute Gasteiger partial charge is 0.301 e. The summed E-state index contributed by atoms with van der Waals surface area (Å²) >= 11 is 0. The van der Waals surface area contributed by atoms with Crippen molar-refractivity contribution in [3.63, 3.8) is 0 Å². The Labute approximate surface area is 253 Å². The number of benzene rings is 1. The van der Waals surface area contributed by atoms with Gasteiger partial charge in [-0.2, -0.15) is 10.2 Å². The minimum atomic E-state index is -3.37. The van der Waals surface area contributed by atoms with Crippen LogP contribution in [-0.4, -0.2) is 107 Å². The molecule has 2 aromatic heterocycles. The van der Waals surface area contributed by atoms with Gasteiger partial charge in [-0.1, -0.05) is 0 Å². The summed E-state index contributed by atoms with van der Waals surface area (Å²) in [7, 11) is 3.68. The maximum absolute atomic E-state index is 14.9. The molecule has 232 valence electrons. The van der Waals surface area contributed by atoms with Gasteiger partial charge in [0.05, 0.1) is 24.9 Å². The van der Waals surface area contributed by atoms with Gasteiger partial charge in [0.1, 0.15) is 41.6 Å². The predicted molar refractivity (Wildman–Crippen MR) is 158 cm³/mol. The van der Waals surface area contributed by atoms with Gasteiger partial charge < -0.3 is 34.6 Å². The van der Waals surface area contributed by atoms with Crippen molar-refractivity contribution in [3.8, 4) is 29.0 Å². The number of halogens is 2. The Hall–Kier alpha value is -4.61. The highest BCUT2D eigenvalue weighted by molar-refractivity contribution is 5.80. The van der Waals surface area contributed by atoms with Crippen molar-refractivity contribution in [2.75, 3.05) is 63.6 Å². The van der Waals surface area contributed by atoms with Crippen molar-refractivity contribution in [2.45, 2.75) is 31.5 Å². The number of nitriles is 1. The lowest BCUT2D eigenvalue weighted by atomic mass is 10.0. The van der Waals surface area contributed by atoms with Gasteiger partial charge in [0.15, 0.2) is 6.10 Å². The van der Waals surface area contributed by atoms with Crippen LogP contribution in [0.25, 0.3) is 11.3 Å². The number of piperazine rings is 1. The van der Waals surface area contributed by atoms with Gasteiger partial charge in [-0.15, -0.1) is 0 Å². The van der Waals surface area contributed by atoms with E-state index >= 15 is 0 Å². The number of hydrogen-bond donors (Lipinski definition) is 2. The molecular formula is C30H34F2N8O4. The van der Waals surface area contributed by atoms with Gasteiger partial charge in [0.2, 0.25) is 5.88 Å². The van der Waals surface area contributed by atoms with Gasteiger partial charge >= 0.3 is 5.92 Å². The second-order valence-electron chi connectivity index (χ2n) is 10.8. The number of likely N-dealkylation sites (tertiary alicyclic amines) is 1. The number of aliphatic hydroxyl groups is 1. The van der Waals surface area contributed by atoms with Crippen LogP contribution < -0.4 is 19.7 Å². The third-order valence-electron chi connectivity index (χ3n) is 7.67. The first-order valence-electron chi connectivity index (χ1n) is 14.2. The Morgan fingerprint density at radius 1 is 1.14 bits per heavy atom. The van der Waals surface area contributed by atoms with E-state index in [1.165, 1.54) is 25.4 Å². The number of carbonyl (C=O) groups is 1. The maximum Gasteiger partial charge on any atom is 0.301 e. The zero-order valence-electron chi connectivity index (χ0n) is 24.7. The first kappa shape index (κ1) is 30.8. The molecule has 2 atom stereocenters. The van der Waals surface area contributed by atoms with E-state index in [1.54, 1.807) is 19.2 Å². The number of aliphatic hydroxyl groups excluding tert-OH is 1. The molecule has 2 saturated heterocycles. The number of methoxy groups -OCH3 is 1. The summed E-state index contributed by atoms with van der Waals surface area (Å²) in [5.74, 6) is -2.67. The van der Waals surface area contributed by atoms with Crippen molar-refractivity contribution < 1.29 is 28.2 Å². The summed E-state index contributed by atoms with van der Waals surface area (Å²) in [6.45, 7) is 4.01. The average Bonchev–Trinajstić information content (AvgIpc) is 3.02.